The third kappa shape index (κ3) is 4.11. The van der Waals surface area contributed by atoms with Crippen molar-refractivity contribution in [3.63, 3.8) is 0 Å². The largest absolute Gasteiger partial charge is 0.491 e. The van der Waals surface area contributed by atoms with Crippen molar-refractivity contribution in [3.05, 3.63) is 59.4 Å². The van der Waals surface area contributed by atoms with Crippen molar-refractivity contribution in [1.82, 2.24) is 4.57 Å². The Balaban J connectivity index is 1.66. The molecule has 1 atom stereocenters. The van der Waals surface area contributed by atoms with Gasteiger partial charge in [0.15, 0.2) is 11.0 Å². The predicted molar refractivity (Wildman–Crippen MR) is 102 cm³/mol. The second-order valence-electron chi connectivity index (χ2n) is 6.78. The van der Waals surface area contributed by atoms with Crippen molar-refractivity contribution in [2.24, 2.45) is 7.05 Å². The van der Waals surface area contributed by atoms with Crippen LogP contribution in [0.3, 0.4) is 0 Å². The topological polar surface area (TPSA) is 64.6 Å². The Morgan fingerprint density at radius 2 is 1.85 bits per heavy atom. The van der Waals surface area contributed by atoms with Gasteiger partial charge < -0.3 is 14.6 Å². The zero-order chi connectivity index (χ0) is 19.6. The van der Waals surface area contributed by atoms with Crippen LogP contribution in [0.25, 0.3) is 11.0 Å². The highest BCUT2D eigenvalue weighted by Gasteiger charge is 2.18. The van der Waals surface area contributed by atoms with Crippen LogP contribution in [0.4, 0.5) is 0 Å². The number of nitrogens with zero attached hydrogens (tertiary/aromatic N) is 2. The number of aromatic nitrogens is 2. The number of fused-ring (bicyclic) bond motifs is 1. The van der Waals surface area contributed by atoms with Gasteiger partial charge in [0.25, 0.3) is 0 Å². The first-order valence-corrected chi connectivity index (χ1v) is 8.84. The molecule has 0 saturated carbocycles. The quantitative estimate of drug-likeness (QED) is 0.535. The number of esters is 1. The lowest BCUT2D eigenvalue weighted by Gasteiger charge is -2.11. The van der Waals surface area contributed by atoms with Crippen LogP contribution in [-0.2, 0) is 18.3 Å². The first-order valence-electron chi connectivity index (χ1n) is 8.84. The molecule has 2 aromatic carbocycles. The van der Waals surface area contributed by atoms with Gasteiger partial charge in [-0.2, -0.15) is 0 Å². The fourth-order valence-electron chi connectivity index (χ4n) is 3.05. The van der Waals surface area contributed by atoms with Crippen LogP contribution in [0.1, 0.15) is 21.5 Å². The van der Waals surface area contributed by atoms with E-state index in [2.05, 4.69) is 35.3 Å². The molecular formula is C21H25N2O4+. The first kappa shape index (κ1) is 18.9. The molecule has 1 heterocycles. The highest BCUT2D eigenvalue weighted by molar-refractivity contribution is 5.89. The minimum absolute atomic E-state index is 0.159. The molecule has 0 fully saturated rings. The average Bonchev–Trinajstić information content (AvgIpc) is 2.95. The fourth-order valence-corrected chi connectivity index (χ4v) is 3.05. The van der Waals surface area contributed by atoms with E-state index in [1.165, 1.54) is 18.2 Å². The maximum absolute atomic E-state index is 11.4. The van der Waals surface area contributed by atoms with Crippen LogP contribution in [0.15, 0.2) is 42.7 Å². The molecule has 0 aliphatic rings. The van der Waals surface area contributed by atoms with Crippen LogP contribution >= 0.6 is 0 Å². The summed E-state index contributed by atoms with van der Waals surface area (Å²) in [6.45, 7) is 4.77. The summed E-state index contributed by atoms with van der Waals surface area (Å²) in [4.78, 5) is 11.4. The molecular weight excluding hydrogens is 344 g/mol. The van der Waals surface area contributed by atoms with E-state index in [-0.39, 0.29) is 12.6 Å². The summed E-state index contributed by atoms with van der Waals surface area (Å²) in [7, 11) is 3.34. The van der Waals surface area contributed by atoms with E-state index in [1.807, 2.05) is 17.9 Å². The number of hydrogen-bond acceptors (Lipinski definition) is 4. The predicted octanol–water partition coefficient (Wildman–Crippen LogP) is 2.31. The van der Waals surface area contributed by atoms with E-state index in [0.717, 1.165) is 11.0 Å². The molecule has 3 aromatic rings. The Morgan fingerprint density at radius 1 is 1.19 bits per heavy atom. The number of carbonyl (C=O) groups is 1. The maximum atomic E-state index is 11.4. The summed E-state index contributed by atoms with van der Waals surface area (Å²) >= 11 is 0. The Hall–Kier alpha value is -2.86. The van der Waals surface area contributed by atoms with E-state index >= 15 is 0 Å². The number of aryl methyl sites for hydroxylation is 3. The fraction of sp³-hybridized carbons (Fsp3) is 0.333. The summed E-state index contributed by atoms with van der Waals surface area (Å²) in [5.74, 6) is 0.204. The van der Waals surface area contributed by atoms with E-state index in [9.17, 15) is 9.90 Å². The van der Waals surface area contributed by atoms with Gasteiger partial charge in [0.2, 0.25) is 6.33 Å². The average molecular weight is 369 g/mol. The number of ether oxygens (including phenoxy) is 2. The minimum Gasteiger partial charge on any atom is -0.491 e. The molecule has 0 aliphatic carbocycles. The van der Waals surface area contributed by atoms with Crippen molar-refractivity contribution >= 4 is 17.0 Å². The SMILES string of the molecule is COC(=O)c1ccc(OC[C@@H](O)Cn2c[n+](C)c3cc(C)c(C)cc32)cc1. The second kappa shape index (κ2) is 7.80. The molecule has 1 aromatic heterocycles. The molecule has 0 spiro atoms. The molecule has 1 N–H and O–H groups in total. The monoisotopic (exact) mass is 369 g/mol. The zero-order valence-electron chi connectivity index (χ0n) is 16.1. The molecule has 0 saturated heterocycles. The molecule has 142 valence electrons. The Kier molecular flexibility index (Phi) is 5.46. The van der Waals surface area contributed by atoms with Crippen molar-refractivity contribution in [3.8, 4) is 5.75 Å². The van der Waals surface area contributed by atoms with Gasteiger partial charge in [-0.1, -0.05) is 0 Å². The lowest BCUT2D eigenvalue weighted by atomic mass is 10.1. The highest BCUT2D eigenvalue weighted by atomic mass is 16.5. The van der Waals surface area contributed by atoms with Gasteiger partial charge in [0, 0.05) is 0 Å². The molecule has 0 aliphatic heterocycles. The second-order valence-corrected chi connectivity index (χ2v) is 6.78. The molecule has 6 nitrogen and oxygen atoms in total. The normalized spacial score (nSPS) is 12.2. The first-order chi connectivity index (χ1) is 12.9. The summed E-state index contributed by atoms with van der Waals surface area (Å²) in [5.41, 5.74) is 5.14. The number of aliphatic hydroxyl groups is 1. The number of benzene rings is 2. The van der Waals surface area contributed by atoms with E-state index in [0.29, 0.717) is 17.9 Å². The Labute approximate surface area is 158 Å². The number of carbonyl (C=O) groups excluding carboxylic acids is 1. The van der Waals surface area contributed by atoms with E-state index < -0.39 is 6.10 Å². The highest BCUT2D eigenvalue weighted by Crippen LogP contribution is 2.18. The van der Waals surface area contributed by atoms with Gasteiger partial charge in [-0.05, 0) is 61.4 Å². The van der Waals surface area contributed by atoms with Gasteiger partial charge >= 0.3 is 5.97 Å². The van der Waals surface area contributed by atoms with Crippen LogP contribution in [0, 0.1) is 13.8 Å². The third-order valence-electron chi connectivity index (χ3n) is 4.72. The molecule has 0 radical (unpaired) electrons. The van der Waals surface area contributed by atoms with E-state index in [1.54, 1.807) is 24.3 Å². The zero-order valence-corrected chi connectivity index (χ0v) is 16.1. The Morgan fingerprint density at radius 3 is 2.52 bits per heavy atom. The molecule has 27 heavy (non-hydrogen) atoms. The lowest BCUT2D eigenvalue weighted by Crippen LogP contribution is -2.27. The number of methoxy groups -OCH3 is 1. The lowest BCUT2D eigenvalue weighted by molar-refractivity contribution is -0.645. The molecule has 0 amide bonds. The molecule has 3 rings (SSSR count). The standard InChI is InChI=1S/C21H25N2O4/c1-14-9-19-20(10-15(14)2)23(13-22(19)3)11-17(24)12-27-18-7-5-16(6-8-18)21(25)26-4/h5-10,13,17,24H,11-12H2,1-4H3/q+1/t17-/m0/s1. The molecule has 0 bridgehead atoms. The number of aliphatic hydroxyl groups excluding tert-OH is 1. The Bertz CT molecular complexity index is 960. The summed E-state index contributed by atoms with van der Waals surface area (Å²) in [6, 6.07) is 11.0. The van der Waals surface area contributed by atoms with Gasteiger partial charge in [0.05, 0.1) is 19.7 Å². The molecule has 6 heteroatoms. The minimum atomic E-state index is -0.664. The van der Waals surface area contributed by atoms with Gasteiger partial charge in [-0.15, -0.1) is 0 Å². The third-order valence-corrected chi connectivity index (χ3v) is 4.72. The number of rotatable bonds is 6. The molecule has 0 unspecified atom stereocenters. The van der Waals surface area contributed by atoms with Gasteiger partial charge in [-0.25, -0.2) is 13.9 Å². The summed E-state index contributed by atoms with van der Waals surface area (Å²) in [5, 5.41) is 10.4. The van der Waals surface area contributed by atoms with Crippen molar-refractivity contribution in [2.75, 3.05) is 13.7 Å². The summed E-state index contributed by atoms with van der Waals surface area (Å²) in [6.07, 6.45) is 1.32. The van der Waals surface area contributed by atoms with Crippen LogP contribution in [0.2, 0.25) is 0 Å². The van der Waals surface area contributed by atoms with Crippen LogP contribution < -0.4 is 9.30 Å². The van der Waals surface area contributed by atoms with Crippen molar-refractivity contribution in [2.45, 2.75) is 26.5 Å². The van der Waals surface area contributed by atoms with Crippen LogP contribution in [0.5, 0.6) is 5.75 Å². The maximum Gasteiger partial charge on any atom is 0.337 e. The summed E-state index contributed by atoms with van der Waals surface area (Å²) < 4.78 is 14.4. The van der Waals surface area contributed by atoms with Crippen molar-refractivity contribution < 1.29 is 23.9 Å². The van der Waals surface area contributed by atoms with Crippen LogP contribution in [-0.4, -0.2) is 35.5 Å². The van der Waals surface area contributed by atoms with Gasteiger partial charge in [0.1, 0.15) is 25.0 Å². The van der Waals surface area contributed by atoms with E-state index in [4.69, 9.17) is 4.74 Å². The van der Waals surface area contributed by atoms with Gasteiger partial charge in [-0.3, -0.25) is 0 Å². The van der Waals surface area contributed by atoms with Crippen molar-refractivity contribution in [1.29, 1.82) is 0 Å². The number of imidazole rings is 1. The number of hydrogen-bond donors (Lipinski definition) is 1. The smallest absolute Gasteiger partial charge is 0.337 e.